The molecule has 2 aromatic carbocycles. The van der Waals surface area contributed by atoms with Gasteiger partial charge in [-0.25, -0.2) is 8.78 Å². The van der Waals surface area contributed by atoms with Gasteiger partial charge in [-0.1, -0.05) is 31.2 Å². The maximum atomic E-state index is 13.1. The van der Waals surface area contributed by atoms with Crippen LogP contribution in [0.4, 0.5) is 8.78 Å². The van der Waals surface area contributed by atoms with Gasteiger partial charge in [0.05, 0.1) is 0 Å². The van der Waals surface area contributed by atoms with Crippen molar-refractivity contribution < 1.29 is 13.6 Å². The van der Waals surface area contributed by atoms with Crippen molar-refractivity contribution in [2.45, 2.75) is 6.92 Å². The molecule has 1 aliphatic heterocycles. The number of rotatable bonds is 3. The van der Waals surface area contributed by atoms with Crippen LogP contribution in [0.15, 0.2) is 59.7 Å². The van der Waals surface area contributed by atoms with E-state index in [4.69, 9.17) is 0 Å². The van der Waals surface area contributed by atoms with Gasteiger partial charge in [-0.2, -0.15) is 0 Å². The Morgan fingerprint density at radius 3 is 1.60 bits per heavy atom. The van der Waals surface area contributed by atoms with Gasteiger partial charge in [-0.15, -0.1) is 0 Å². The minimum Gasteiger partial charge on any atom is -0.295 e. The molecule has 1 saturated heterocycles. The quantitative estimate of drug-likeness (QED) is 0.776. The number of hydrogen-bond acceptors (Lipinski definition) is 2. The van der Waals surface area contributed by atoms with E-state index in [1.54, 1.807) is 24.3 Å². The van der Waals surface area contributed by atoms with Gasteiger partial charge in [0.25, 0.3) is 0 Å². The smallest absolute Gasteiger partial charge is 0.187 e. The normalized spacial score (nSPS) is 18.9. The van der Waals surface area contributed by atoms with E-state index in [1.807, 2.05) is 19.1 Å². The van der Waals surface area contributed by atoms with E-state index in [-0.39, 0.29) is 17.4 Å². The molecule has 0 aromatic heterocycles. The molecule has 128 valence electrons. The zero-order valence-electron chi connectivity index (χ0n) is 14.0. The third kappa shape index (κ3) is 4.28. The fraction of sp³-hybridized carbons (Fsp3) is 0.190. The van der Waals surface area contributed by atoms with Crippen LogP contribution in [-0.4, -0.2) is 30.3 Å². The Hall–Kier alpha value is -2.59. The molecule has 1 fully saturated rings. The van der Waals surface area contributed by atoms with Crippen LogP contribution in [0, 0.1) is 11.6 Å². The molecule has 0 atom stereocenters. The number of hydrogen-bond donors (Lipinski definition) is 0. The molecule has 0 bridgehead atoms. The Balaban J connectivity index is 1.93. The molecule has 0 aliphatic carbocycles. The number of halogens is 2. The average molecular weight is 339 g/mol. The van der Waals surface area contributed by atoms with Gasteiger partial charge in [0.2, 0.25) is 0 Å². The fourth-order valence-corrected chi connectivity index (χ4v) is 2.85. The number of nitrogens with zero attached hydrogens (tertiary/aromatic N) is 1. The Kier molecular flexibility index (Phi) is 5.19. The van der Waals surface area contributed by atoms with E-state index in [1.165, 1.54) is 24.3 Å². The summed E-state index contributed by atoms with van der Waals surface area (Å²) >= 11 is 0. The third-order valence-electron chi connectivity index (χ3n) is 4.24. The van der Waals surface area contributed by atoms with Gasteiger partial charge in [0.15, 0.2) is 5.78 Å². The second-order valence-corrected chi connectivity index (χ2v) is 6.07. The molecule has 3 rings (SSSR count). The van der Waals surface area contributed by atoms with Crippen molar-refractivity contribution in [1.29, 1.82) is 0 Å². The van der Waals surface area contributed by atoms with E-state index in [0.29, 0.717) is 24.2 Å². The molecule has 1 heterocycles. The van der Waals surface area contributed by atoms with Gasteiger partial charge in [-0.05, 0) is 54.1 Å². The van der Waals surface area contributed by atoms with Crippen LogP contribution >= 0.6 is 0 Å². The van der Waals surface area contributed by atoms with Crippen molar-refractivity contribution in [3.63, 3.8) is 0 Å². The van der Waals surface area contributed by atoms with Crippen molar-refractivity contribution >= 4 is 17.9 Å². The summed E-state index contributed by atoms with van der Waals surface area (Å²) in [7, 11) is 0. The Bertz CT molecular complexity index is 752. The van der Waals surface area contributed by atoms with E-state index in [2.05, 4.69) is 4.90 Å². The maximum absolute atomic E-state index is 13.1. The lowest BCUT2D eigenvalue weighted by Crippen LogP contribution is -2.37. The molecule has 0 radical (unpaired) electrons. The first kappa shape index (κ1) is 17.2. The highest BCUT2D eigenvalue weighted by Gasteiger charge is 2.25. The van der Waals surface area contributed by atoms with Gasteiger partial charge in [0, 0.05) is 24.2 Å². The Morgan fingerprint density at radius 1 is 0.840 bits per heavy atom. The summed E-state index contributed by atoms with van der Waals surface area (Å²) in [5.74, 6) is -0.619. The van der Waals surface area contributed by atoms with Crippen LogP contribution in [0.5, 0.6) is 0 Å². The Labute approximate surface area is 146 Å². The molecule has 2 aromatic rings. The van der Waals surface area contributed by atoms with Crippen molar-refractivity contribution in [1.82, 2.24) is 4.90 Å². The number of Topliss-reactive ketones (excluding diaryl/α,β-unsaturated/α-hetero) is 1. The molecule has 0 saturated carbocycles. The number of carbonyl (C=O) groups excluding carboxylic acids is 1. The van der Waals surface area contributed by atoms with Crippen LogP contribution in [0.2, 0.25) is 0 Å². The lowest BCUT2D eigenvalue weighted by atomic mass is 9.94. The van der Waals surface area contributed by atoms with Gasteiger partial charge in [-0.3, -0.25) is 9.69 Å². The topological polar surface area (TPSA) is 20.3 Å². The number of ketones is 1. The lowest BCUT2D eigenvalue weighted by molar-refractivity contribution is -0.113. The number of likely N-dealkylation sites (tertiary alicyclic amines) is 1. The fourth-order valence-electron chi connectivity index (χ4n) is 2.85. The van der Waals surface area contributed by atoms with Crippen molar-refractivity contribution in [3.05, 3.63) is 82.4 Å². The highest BCUT2D eigenvalue weighted by Crippen LogP contribution is 2.22. The van der Waals surface area contributed by atoms with Crippen LogP contribution in [0.3, 0.4) is 0 Å². The number of likely N-dealkylation sites (N-methyl/N-ethyl adjacent to an activating group) is 1. The highest BCUT2D eigenvalue weighted by atomic mass is 19.1. The monoisotopic (exact) mass is 339 g/mol. The number of carbonyl (C=O) groups is 1. The first-order chi connectivity index (χ1) is 12.0. The van der Waals surface area contributed by atoms with Crippen molar-refractivity contribution in [2.24, 2.45) is 0 Å². The summed E-state index contributed by atoms with van der Waals surface area (Å²) in [5, 5.41) is 0. The largest absolute Gasteiger partial charge is 0.295 e. The van der Waals surface area contributed by atoms with Crippen LogP contribution in [0.1, 0.15) is 18.1 Å². The molecule has 0 amide bonds. The number of piperidine rings is 1. The van der Waals surface area contributed by atoms with Crippen molar-refractivity contribution in [3.8, 4) is 0 Å². The number of benzene rings is 2. The summed E-state index contributed by atoms with van der Waals surface area (Å²) in [6.07, 6.45) is 3.62. The molecule has 4 heteroatoms. The van der Waals surface area contributed by atoms with Gasteiger partial charge >= 0.3 is 0 Å². The zero-order valence-corrected chi connectivity index (χ0v) is 14.0. The highest BCUT2D eigenvalue weighted by molar-refractivity contribution is 6.14. The minimum absolute atomic E-state index is 0.0154. The summed E-state index contributed by atoms with van der Waals surface area (Å²) in [5.41, 5.74) is 2.94. The summed E-state index contributed by atoms with van der Waals surface area (Å²) in [6.45, 7) is 3.98. The lowest BCUT2D eigenvalue weighted by Gasteiger charge is -2.28. The average Bonchev–Trinajstić information content (AvgIpc) is 2.62. The first-order valence-corrected chi connectivity index (χ1v) is 8.24. The molecule has 0 unspecified atom stereocenters. The standard InChI is InChI=1S/C21H19F2NO/c1-2-24-13-17(11-15-3-7-19(22)8-4-15)21(25)18(14-24)12-16-5-9-20(23)10-6-16/h3-12H,2,13-14H2,1H3/b17-11+,18-12+. The molecule has 1 aliphatic rings. The van der Waals surface area contributed by atoms with E-state index in [9.17, 15) is 13.6 Å². The summed E-state index contributed by atoms with van der Waals surface area (Å²) in [4.78, 5) is 15.0. The summed E-state index contributed by atoms with van der Waals surface area (Å²) < 4.78 is 26.1. The van der Waals surface area contributed by atoms with Crippen LogP contribution in [-0.2, 0) is 4.79 Å². The molecule has 2 nitrogen and oxygen atoms in total. The van der Waals surface area contributed by atoms with Crippen LogP contribution in [0.25, 0.3) is 12.2 Å². The second-order valence-electron chi connectivity index (χ2n) is 6.07. The first-order valence-electron chi connectivity index (χ1n) is 8.24. The second kappa shape index (κ2) is 7.53. The predicted molar refractivity (Wildman–Crippen MR) is 95.9 cm³/mol. The van der Waals surface area contributed by atoms with E-state index >= 15 is 0 Å². The zero-order chi connectivity index (χ0) is 17.8. The molecular weight excluding hydrogens is 320 g/mol. The molecule has 0 N–H and O–H groups in total. The SMILES string of the molecule is CCN1C/C(=C\c2ccc(F)cc2)C(=O)/C(=C/c2ccc(F)cc2)C1. The molecule has 0 spiro atoms. The minimum atomic E-state index is -0.302. The van der Waals surface area contributed by atoms with E-state index < -0.39 is 0 Å². The third-order valence-corrected chi connectivity index (χ3v) is 4.24. The maximum Gasteiger partial charge on any atom is 0.187 e. The van der Waals surface area contributed by atoms with Gasteiger partial charge in [0.1, 0.15) is 11.6 Å². The molecular formula is C21H19F2NO. The predicted octanol–water partition coefficient (Wildman–Crippen LogP) is 4.34. The van der Waals surface area contributed by atoms with E-state index in [0.717, 1.165) is 17.7 Å². The molecule has 25 heavy (non-hydrogen) atoms. The van der Waals surface area contributed by atoms with Crippen molar-refractivity contribution in [2.75, 3.05) is 19.6 Å². The van der Waals surface area contributed by atoms with Gasteiger partial charge < -0.3 is 0 Å². The van der Waals surface area contributed by atoms with Crippen LogP contribution < -0.4 is 0 Å². The summed E-state index contributed by atoms with van der Waals surface area (Å²) in [6, 6.07) is 12.2. The Morgan fingerprint density at radius 2 is 1.24 bits per heavy atom.